The maximum atomic E-state index is 11.8. The number of carbonyl (C=O) groups is 2. The fourth-order valence-electron chi connectivity index (χ4n) is 1.79. The van der Waals surface area contributed by atoms with Crippen molar-refractivity contribution >= 4 is 28.3 Å². The van der Waals surface area contributed by atoms with E-state index in [1.165, 1.54) is 6.26 Å². The number of benzene rings is 1. The molecule has 2 amide bonds. The molecule has 0 aliphatic carbocycles. The van der Waals surface area contributed by atoms with E-state index in [-0.39, 0.29) is 6.54 Å². The Kier molecular flexibility index (Phi) is 5.64. The number of aryl methyl sites for hydroxylation is 1. The van der Waals surface area contributed by atoms with Crippen molar-refractivity contribution in [2.24, 2.45) is 0 Å². The smallest absolute Gasteiger partial charge is 0.313 e. The molecular weight excluding hydrogens is 318 g/mol. The van der Waals surface area contributed by atoms with Crippen molar-refractivity contribution in [1.82, 2.24) is 10.5 Å². The van der Waals surface area contributed by atoms with Gasteiger partial charge in [-0.2, -0.15) is 0 Å². The number of hydrogen-bond donors (Lipinski definition) is 2. The van der Waals surface area contributed by atoms with Gasteiger partial charge in [-0.1, -0.05) is 18.1 Å². The summed E-state index contributed by atoms with van der Waals surface area (Å²) in [7, 11) is -1.16. The van der Waals surface area contributed by atoms with Gasteiger partial charge < -0.3 is 15.2 Å². The van der Waals surface area contributed by atoms with Crippen LogP contribution < -0.4 is 10.6 Å². The van der Waals surface area contributed by atoms with Gasteiger partial charge in [0.05, 0.1) is 12.2 Å². The Morgan fingerprint density at radius 3 is 2.70 bits per heavy atom. The van der Waals surface area contributed by atoms with Crippen LogP contribution in [-0.2, 0) is 33.4 Å². The molecule has 0 radical (unpaired) electrons. The van der Waals surface area contributed by atoms with Crippen molar-refractivity contribution in [1.29, 1.82) is 0 Å². The summed E-state index contributed by atoms with van der Waals surface area (Å²) in [5.41, 5.74) is 1.19. The molecule has 1 heterocycles. The lowest BCUT2D eigenvalue weighted by Gasteiger charge is -2.06. The zero-order chi connectivity index (χ0) is 16.8. The molecule has 0 saturated carbocycles. The molecule has 1 unspecified atom stereocenters. The molecule has 2 N–H and O–H groups in total. The predicted octanol–water partition coefficient (Wildman–Crippen LogP) is 1.23. The number of carbonyl (C=O) groups excluding carboxylic acids is 2. The number of nitrogens with zero attached hydrogens (tertiary/aromatic N) is 1. The number of rotatable bonds is 5. The maximum absolute atomic E-state index is 11.8. The average Bonchev–Trinajstić information content (AvgIpc) is 3.00. The Labute approximate surface area is 135 Å². The largest absolute Gasteiger partial charge is 0.359 e. The summed E-state index contributed by atoms with van der Waals surface area (Å²) in [5, 5.41) is 8.70. The first-order valence-corrected chi connectivity index (χ1v) is 8.52. The first kappa shape index (κ1) is 16.9. The van der Waals surface area contributed by atoms with Gasteiger partial charge in [0.2, 0.25) is 0 Å². The predicted molar refractivity (Wildman–Crippen MR) is 85.1 cm³/mol. The molecule has 0 aliphatic rings. The zero-order valence-electron chi connectivity index (χ0n) is 12.8. The third kappa shape index (κ3) is 4.75. The fourth-order valence-corrected chi connectivity index (χ4v) is 2.36. The molecule has 0 aliphatic heterocycles. The third-order valence-electron chi connectivity index (χ3n) is 3.02. The van der Waals surface area contributed by atoms with Crippen LogP contribution >= 0.6 is 0 Å². The van der Waals surface area contributed by atoms with E-state index >= 15 is 0 Å². The minimum atomic E-state index is -1.16. The van der Waals surface area contributed by atoms with Crippen LogP contribution in [0.5, 0.6) is 0 Å². The number of aromatic nitrogens is 1. The van der Waals surface area contributed by atoms with E-state index in [1.54, 1.807) is 30.3 Å². The van der Waals surface area contributed by atoms with Gasteiger partial charge in [-0.05, 0) is 24.6 Å². The third-order valence-corrected chi connectivity index (χ3v) is 3.94. The lowest BCUT2D eigenvalue weighted by molar-refractivity contribution is -0.136. The quantitative estimate of drug-likeness (QED) is 0.800. The topological polar surface area (TPSA) is 101 Å². The molecule has 1 aromatic carbocycles. The minimum Gasteiger partial charge on any atom is -0.359 e. The van der Waals surface area contributed by atoms with Crippen molar-refractivity contribution in [3.05, 3.63) is 41.8 Å². The van der Waals surface area contributed by atoms with E-state index in [4.69, 9.17) is 4.52 Å². The van der Waals surface area contributed by atoms with Gasteiger partial charge in [-0.25, -0.2) is 0 Å². The highest BCUT2D eigenvalue weighted by molar-refractivity contribution is 7.84. The molecule has 2 rings (SSSR count). The van der Waals surface area contributed by atoms with E-state index in [0.717, 1.165) is 12.1 Å². The zero-order valence-corrected chi connectivity index (χ0v) is 13.6. The normalized spacial score (nSPS) is 11.7. The average molecular weight is 335 g/mol. The summed E-state index contributed by atoms with van der Waals surface area (Å²) < 4.78 is 16.4. The van der Waals surface area contributed by atoms with Crippen molar-refractivity contribution in [3.8, 4) is 0 Å². The van der Waals surface area contributed by atoms with Gasteiger partial charge in [0, 0.05) is 33.7 Å². The Bertz CT molecular complexity index is 742. The van der Waals surface area contributed by atoms with Crippen molar-refractivity contribution in [2.45, 2.75) is 24.8 Å². The van der Waals surface area contributed by atoms with Crippen LogP contribution in [0.1, 0.15) is 18.4 Å². The SMILES string of the molecule is CCc1cc(CNC(=O)C(=O)Nc2cccc(S(C)=O)c2)on1. The molecule has 0 spiro atoms. The van der Waals surface area contributed by atoms with E-state index < -0.39 is 22.6 Å². The van der Waals surface area contributed by atoms with Crippen LogP contribution in [0.4, 0.5) is 5.69 Å². The van der Waals surface area contributed by atoms with Crippen molar-refractivity contribution < 1.29 is 18.3 Å². The summed E-state index contributed by atoms with van der Waals surface area (Å²) in [4.78, 5) is 24.2. The van der Waals surface area contributed by atoms with Crippen molar-refractivity contribution in [3.63, 3.8) is 0 Å². The minimum absolute atomic E-state index is 0.0816. The fraction of sp³-hybridized carbons (Fsp3) is 0.267. The Morgan fingerprint density at radius 1 is 1.26 bits per heavy atom. The van der Waals surface area contributed by atoms with Gasteiger partial charge in [-0.15, -0.1) is 0 Å². The molecule has 1 aromatic heterocycles. The Morgan fingerprint density at radius 2 is 2.04 bits per heavy atom. The van der Waals surface area contributed by atoms with Crippen LogP contribution in [0.15, 0.2) is 39.8 Å². The molecule has 122 valence electrons. The second kappa shape index (κ2) is 7.68. The summed E-state index contributed by atoms with van der Waals surface area (Å²) >= 11 is 0. The number of hydrogen-bond acceptors (Lipinski definition) is 5. The van der Waals surface area contributed by atoms with Crippen LogP contribution in [0, 0.1) is 0 Å². The molecule has 0 bridgehead atoms. The van der Waals surface area contributed by atoms with Gasteiger partial charge in [0.25, 0.3) is 0 Å². The highest BCUT2D eigenvalue weighted by Gasteiger charge is 2.15. The van der Waals surface area contributed by atoms with E-state index in [0.29, 0.717) is 16.3 Å². The van der Waals surface area contributed by atoms with E-state index in [1.807, 2.05) is 6.92 Å². The molecule has 0 fully saturated rings. The molecule has 23 heavy (non-hydrogen) atoms. The molecule has 7 nitrogen and oxygen atoms in total. The monoisotopic (exact) mass is 335 g/mol. The standard InChI is InChI=1S/C15H17N3O4S/c1-3-10-7-12(22-18-10)9-16-14(19)15(20)17-11-5-4-6-13(8-11)23(2)21/h4-8H,3,9H2,1-2H3,(H,16,19)(H,17,20). The van der Waals surface area contributed by atoms with Crippen LogP contribution in [0.3, 0.4) is 0 Å². The first-order valence-electron chi connectivity index (χ1n) is 6.96. The highest BCUT2D eigenvalue weighted by atomic mass is 32.2. The molecule has 2 aromatic rings. The Balaban J connectivity index is 1.91. The number of anilines is 1. The second-order valence-corrected chi connectivity index (χ2v) is 6.14. The lowest BCUT2D eigenvalue weighted by Crippen LogP contribution is -2.34. The summed E-state index contributed by atoms with van der Waals surface area (Å²) in [6.07, 6.45) is 2.27. The molecular formula is C15H17N3O4S. The summed E-state index contributed by atoms with van der Waals surface area (Å²) in [6.45, 7) is 2.02. The van der Waals surface area contributed by atoms with Crippen molar-refractivity contribution in [2.75, 3.05) is 11.6 Å². The lowest BCUT2D eigenvalue weighted by atomic mass is 10.3. The molecule has 0 saturated heterocycles. The van der Waals surface area contributed by atoms with Gasteiger partial charge >= 0.3 is 11.8 Å². The van der Waals surface area contributed by atoms with E-state index in [9.17, 15) is 13.8 Å². The van der Waals surface area contributed by atoms with Gasteiger partial charge in [-0.3, -0.25) is 13.8 Å². The molecule has 1 atom stereocenters. The van der Waals surface area contributed by atoms with E-state index in [2.05, 4.69) is 15.8 Å². The number of nitrogens with one attached hydrogen (secondary N) is 2. The van der Waals surface area contributed by atoms with Crippen LogP contribution in [0.25, 0.3) is 0 Å². The van der Waals surface area contributed by atoms with Crippen LogP contribution in [0.2, 0.25) is 0 Å². The van der Waals surface area contributed by atoms with Gasteiger partial charge in [0.15, 0.2) is 5.76 Å². The van der Waals surface area contributed by atoms with Crippen LogP contribution in [-0.4, -0.2) is 27.4 Å². The van der Waals surface area contributed by atoms with Gasteiger partial charge in [0.1, 0.15) is 0 Å². The first-order chi connectivity index (χ1) is 11.0. The molecule has 8 heteroatoms. The second-order valence-electron chi connectivity index (χ2n) is 4.76. The Hall–Kier alpha value is -2.48. The summed E-state index contributed by atoms with van der Waals surface area (Å²) in [5.74, 6) is -1.12. The highest BCUT2D eigenvalue weighted by Crippen LogP contribution is 2.13. The number of amides is 2. The maximum Gasteiger partial charge on any atom is 0.313 e. The summed E-state index contributed by atoms with van der Waals surface area (Å²) in [6, 6.07) is 8.24.